The maximum Gasteiger partial charge on any atom is 0.338 e. The second-order valence-corrected chi connectivity index (χ2v) is 3.96. The lowest BCUT2D eigenvalue weighted by Crippen LogP contribution is -2.24. The number of benzene rings is 1. The molecule has 6 nitrogen and oxygen atoms in total. The molecule has 7 heteroatoms. The molecule has 1 aromatic carbocycles. The van der Waals surface area contributed by atoms with Crippen LogP contribution in [0.25, 0.3) is 10.9 Å². The van der Waals surface area contributed by atoms with Crippen LogP contribution in [0.5, 0.6) is 0 Å². The normalized spacial score (nSPS) is 10.1. The standard InChI is InChI=1S/C11H12N4O2S/c1-12-11(18)14-6-3-7(10(16)17-2)8-5-13-15-9(8)4-6/h3-5H,1-2H3,(H,13,15)(H2,12,14,18). The number of hydrogen-bond acceptors (Lipinski definition) is 4. The number of nitrogens with one attached hydrogen (secondary N) is 3. The van der Waals surface area contributed by atoms with Crippen LogP contribution in [-0.2, 0) is 4.74 Å². The maximum atomic E-state index is 11.7. The summed E-state index contributed by atoms with van der Waals surface area (Å²) in [7, 11) is 3.05. The number of fused-ring (bicyclic) bond motifs is 1. The van der Waals surface area contributed by atoms with E-state index in [0.29, 0.717) is 21.7 Å². The number of carbonyl (C=O) groups is 1. The van der Waals surface area contributed by atoms with Crippen LogP contribution in [0.2, 0.25) is 0 Å². The van der Waals surface area contributed by atoms with Gasteiger partial charge in [-0.1, -0.05) is 0 Å². The summed E-state index contributed by atoms with van der Waals surface area (Å²) < 4.78 is 4.74. The number of anilines is 1. The van der Waals surface area contributed by atoms with E-state index in [4.69, 9.17) is 17.0 Å². The molecular formula is C11H12N4O2S. The third-order valence-electron chi connectivity index (χ3n) is 2.45. The fourth-order valence-electron chi connectivity index (χ4n) is 1.60. The van der Waals surface area contributed by atoms with E-state index in [0.717, 1.165) is 5.52 Å². The van der Waals surface area contributed by atoms with Crippen molar-refractivity contribution >= 4 is 39.9 Å². The van der Waals surface area contributed by atoms with Crippen LogP contribution in [-0.4, -0.2) is 35.4 Å². The third-order valence-corrected chi connectivity index (χ3v) is 2.76. The number of rotatable bonds is 2. The number of aromatic nitrogens is 2. The smallest absolute Gasteiger partial charge is 0.338 e. The van der Waals surface area contributed by atoms with E-state index in [9.17, 15) is 4.79 Å². The van der Waals surface area contributed by atoms with Crippen molar-refractivity contribution in [2.45, 2.75) is 0 Å². The summed E-state index contributed by atoms with van der Waals surface area (Å²) in [6, 6.07) is 3.49. The molecule has 0 aliphatic carbocycles. The first-order valence-corrected chi connectivity index (χ1v) is 5.60. The van der Waals surface area contributed by atoms with Crippen molar-refractivity contribution in [3.05, 3.63) is 23.9 Å². The molecule has 0 amide bonds. The number of esters is 1. The Morgan fingerprint density at radius 3 is 2.94 bits per heavy atom. The summed E-state index contributed by atoms with van der Waals surface area (Å²) in [5.74, 6) is -0.416. The zero-order chi connectivity index (χ0) is 13.1. The molecule has 0 fully saturated rings. The van der Waals surface area contributed by atoms with Gasteiger partial charge in [-0.05, 0) is 24.4 Å². The Labute approximate surface area is 109 Å². The average Bonchev–Trinajstić information content (AvgIpc) is 2.84. The number of carbonyl (C=O) groups excluding carboxylic acids is 1. The minimum atomic E-state index is -0.416. The Kier molecular flexibility index (Phi) is 3.42. The van der Waals surface area contributed by atoms with E-state index in [1.54, 1.807) is 19.3 Å². The maximum absolute atomic E-state index is 11.7. The largest absolute Gasteiger partial charge is 0.465 e. The molecule has 2 rings (SSSR count). The van der Waals surface area contributed by atoms with E-state index >= 15 is 0 Å². The van der Waals surface area contributed by atoms with Gasteiger partial charge in [-0.2, -0.15) is 5.10 Å². The molecular weight excluding hydrogens is 252 g/mol. The lowest BCUT2D eigenvalue weighted by atomic mass is 10.1. The SMILES string of the molecule is CNC(=S)Nc1cc(C(=O)OC)c2cn[nH]c2c1. The minimum absolute atomic E-state index is 0.416. The molecule has 18 heavy (non-hydrogen) atoms. The van der Waals surface area contributed by atoms with Crippen LogP contribution < -0.4 is 10.6 Å². The zero-order valence-corrected chi connectivity index (χ0v) is 10.7. The van der Waals surface area contributed by atoms with Crippen molar-refractivity contribution in [1.82, 2.24) is 15.5 Å². The first kappa shape index (κ1) is 12.3. The van der Waals surface area contributed by atoms with Gasteiger partial charge in [0.05, 0.1) is 24.4 Å². The van der Waals surface area contributed by atoms with E-state index < -0.39 is 5.97 Å². The van der Waals surface area contributed by atoms with Crippen molar-refractivity contribution in [2.75, 3.05) is 19.5 Å². The third kappa shape index (κ3) is 2.25. The highest BCUT2D eigenvalue weighted by atomic mass is 32.1. The number of thiocarbonyl (C=S) groups is 1. The summed E-state index contributed by atoms with van der Waals surface area (Å²) in [6.07, 6.45) is 1.59. The van der Waals surface area contributed by atoms with Crippen LogP contribution in [0.1, 0.15) is 10.4 Å². The van der Waals surface area contributed by atoms with Gasteiger partial charge in [0, 0.05) is 18.1 Å². The highest BCUT2D eigenvalue weighted by molar-refractivity contribution is 7.80. The van der Waals surface area contributed by atoms with Crippen molar-refractivity contribution in [3.8, 4) is 0 Å². The lowest BCUT2D eigenvalue weighted by molar-refractivity contribution is 0.0603. The molecule has 0 saturated carbocycles. The number of H-pyrrole nitrogens is 1. The van der Waals surface area contributed by atoms with Gasteiger partial charge < -0.3 is 15.4 Å². The van der Waals surface area contributed by atoms with E-state index in [2.05, 4.69) is 20.8 Å². The molecule has 0 spiro atoms. The van der Waals surface area contributed by atoms with Crippen LogP contribution in [0.15, 0.2) is 18.3 Å². The topological polar surface area (TPSA) is 79.0 Å². The van der Waals surface area contributed by atoms with E-state index in [-0.39, 0.29) is 0 Å². The number of ether oxygens (including phenoxy) is 1. The summed E-state index contributed by atoms with van der Waals surface area (Å²) >= 11 is 5.01. The minimum Gasteiger partial charge on any atom is -0.465 e. The molecule has 2 aromatic rings. The van der Waals surface area contributed by atoms with Crippen molar-refractivity contribution < 1.29 is 9.53 Å². The Balaban J connectivity index is 2.50. The predicted molar refractivity (Wildman–Crippen MR) is 72.7 cm³/mol. The Bertz CT molecular complexity index is 608. The first-order chi connectivity index (χ1) is 8.65. The number of aromatic amines is 1. The van der Waals surface area contributed by atoms with Gasteiger partial charge in [0.2, 0.25) is 0 Å². The highest BCUT2D eigenvalue weighted by Gasteiger charge is 2.13. The molecule has 0 radical (unpaired) electrons. The quantitative estimate of drug-likeness (QED) is 0.560. The van der Waals surface area contributed by atoms with Crippen LogP contribution >= 0.6 is 12.2 Å². The molecule has 0 bridgehead atoms. The molecule has 0 aliphatic rings. The van der Waals surface area contributed by atoms with Crippen molar-refractivity contribution in [2.24, 2.45) is 0 Å². The van der Waals surface area contributed by atoms with Gasteiger partial charge in [0.25, 0.3) is 0 Å². The monoisotopic (exact) mass is 264 g/mol. The number of hydrogen-bond donors (Lipinski definition) is 3. The van der Waals surface area contributed by atoms with Crippen molar-refractivity contribution in [3.63, 3.8) is 0 Å². The fourth-order valence-corrected chi connectivity index (χ4v) is 1.71. The second kappa shape index (κ2) is 5.01. The van der Waals surface area contributed by atoms with E-state index in [1.807, 2.05) is 6.07 Å². The summed E-state index contributed by atoms with van der Waals surface area (Å²) in [5, 5.41) is 13.6. The van der Waals surface area contributed by atoms with Gasteiger partial charge in [-0.25, -0.2) is 4.79 Å². The molecule has 3 N–H and O–H groups in total. The van der Waals surface area contributed by atoms with Gasteiger partial charge in [-0.15, -0.1) is 0 Å². The Morgan fingerprint density at radius 2 is 2.28 bits per heavy atom. The average molecular weight is 264 g/mol. The first-order valence-electron chi connectivity index (χ1n) is 5.20. The summed E-state index contributed by atoms with van der Waals surface area (Å²) in [6.45, 7) is 0. The molecule has 0 unspecified atom stereocenters. The summed E-state index contributed by atoms with van der Waals surface area (Å²) in [5.41, 5.74) is 1.86. The lowest BCUT2D eigenvalue weighted by Gasteiger charge is -2.09. The molecule has 1 heterocycles. The number of methoxy groups -OCH3 is 1. The van der Waals surface area contributed by atoms with Crippen LogP contribution in [0.3, 0.4) is 0 Å². The van der Waals surface area contributed by atoms with Gasteiger partial charge in [0.1, 0.15) is 0 Å². The summed E-state index contributed by atoms with van der Waals surface area (Å²) in [4.78, 5) is 11.7. The highest BCUT2D eigenvalue weighted by Crippen LogP contribution is 2.22. The van der Waals surface area contributed by atoms with Crippen LogP contribution in [0.4, 0.5) is 5.69 Å². The van der Waals surface area contributed by atoms with Crippen molar-refractivity contribution in [1.29, 1.82) is 0 Å². The second-order valence-electron chi connectivity index (χ2n) is 3.55. The van der Waals surface area contributed by atoms with Gasteiger partial charge in [-0.3, -0.25) is 5.10 Å². The Hall–Kier alpha value is -2.15. The van der Waals surface area contributed by atoms with Gasteiger partial charge in [0.15, 0.2) is 5.11 Å². The Morgan fingerprint density at radius 1 is 1.50 bits per heavy atom. The fraction of sp³-hybridized carbons (Fsp3) is 0.182. The zero-order valence-electron chi connectivity index (χ0n) is 9.90. The molecule has 94 valence electrons. The molecule has 0 aliphatic heterocycles. The van der Waals surface area contributed by atoms with Crippen LogP contribution in [0, 0.1) is 0 Å². The van der Waals surface area contributed by atoms with E-state index in [1.165, 1.54) is 7.11 Å². The molecule has 0 saturated heterocycles. The number of nitrogens with zero attached hydrogens (tertiary/aromatic N) is 1. The predicted octanol–water partition coefficient (Wildman–Crippen LogP) is 1.27. The molecule has 0 atom stereocenters. The molecule has 1 aromatic heterocycles. The van der Waals surface area contributed by atoms with Gasteiger partial charge >= 0.3 is 5.97 Å².